The minimum Gasteiger partial charge on any atom is -0.508 e. The number of phenolic OH excluding ortho intramolecular Hbond substituents is 1. The number of hydrogen-bond donors (Lipinski definition) is 2. The van der Waals surface area contributed by atoms with Crippen molar-refractivity contribution in [1.29, 1.82) is 0 Å². The van der Waals surface area contributed by atoms with E-state index in [0.29, 0.717) is 6.54 Å². The monoisotopic (exact) mass is 220 g/mol. The summed E-state index contributed by atoms with van der Waals surface area (Å²) in [6, 6.07) is 4.97. The number of nitrogens with zero attached hydrogens (tertiary/aromatic N) is 2. The Labute approximate surface area is 91.9 Å². The summed E-state index contributed by atoms with van der Waals surface area (Å²) < 4.78 is 1.61. The number of aryl methyl sites for hydroxylation is 2. The van der Waals surface area contributed by atoms with Gasteiger partial charge in [0.25, 0.3) is 0 Å². The van der Waals surface area contributed by atoms with Gasteiger partial charge >= 0.3 is 5.97 Å². The van der Waals surface area contributed by atoms with Crippen molar-refractivity contribution in [1.82, 2.24) is 9.78 Å². The molecule has 0 aliphatic carbocycles. The van der Waals surface area contributed by atoms with E-state index in [4.69, 9.17) is 5.11 Å². The average molecular weight is 220 g/mol. The number of benzene rings is 1. The molecule has 0 saturated carbocycles. The SMILES string of the molecule is Cc1nn(CCC(=O)O)c2cc(O)ccc12. The van der Waals surface area contributed by atoms with E-state index in [1.165, 1.54) is 0 Å². The molecule has 1 aromatic heterocycles. The third-order valence-electron chi connectivity index (χ3n) is 2.46. The van der Waals surface area contributed by atoms with Gasteiger partial charge in [0.2, 0.25) is 0 Å². The Balaban J connectivity index is 2.44. The predicted octanol–water partition coefficient (Wildman–Crippen LogP) is 1.53. The first-order chi connectivity index (χ1) is 7.58. The quantitative estimate of drug-likeness (QED) is 0.822. The van der Waals surface area contributed by atoms with Gasteiger partial charge in [-0.25, -0.2) is 0 Å². The second kappa shape index (κ2) is 3.84. The van der Waals surface area contributed by atoms with Crippen molar-refractivity contribution in [3.8, 4) is 5.75 Å². The fourth-order valence-electron chi connectivity index (χ4n) is 1.70. The van der Waals surface area contributed by atoms with Crippen LogP contribution in [-0.2, 0) is 11.3 Å². The van der Waals surface area contributed by atoms with Gasteiger partial charge in [0.1, 0.15) is 5.75 Å². The molecule has 1 heterocycles. The highest BCUT2D eigenvalue weighted by atomic mass is 16.4. The molecule has 0 fully saturated rings. The number of fused-ring (bicyclic) bond motifs is 1. The van der Waals surface area contributed by atoms with Gasteiger partial charge in [0.15, 0.2) is 0 Å². The summed E-state index contributed by atoms with van der Waals surface area (Å²) in [5.74, 6) is -0.703. The molecular weight excluding hydrogens is 208 g/mol. The zero-order chi connectivity index (χ0) is 11.7. The summed E-state index contributed by atoms with van der Waals surface area (Å²) in [5, 5.41) is 23.2. The van der Waals surface area contributed by atoms with E-state index in [1.807, 2.05) is 6.92 Å². The number of carboxylic acids is 1. The normalized spacial score (nSPS) is 10.8. The number of hydrogen-bond acceptors (Lipinski definition) is 3. The Morgan fingerprint density at radius 1 is 1.50 bits per heavy atom. The van der Waals surface area contributed by atoms with Gasteiger partial charge < -0.3 is 10.2 Å². The largest absolute Gasteiger partial charge is 0.508 e. The molecule has 84 valence electrons. The van der Waals surface area contributed by atoms with Crippen LogP contribution in [0.2, 0.25) is 0 Å². The lowest BCUT2D eigenvalue weighted by molar-refractivity contribution is -0.137. The van der Waals surface area contributed by atoms with Crippen LogP contribution in [0.5, 0.6) is 5.75 Å². The maximum absolute atomic E-state index is 10.5. The number of rotatable bonds is 3. The Morgan fingerprint density at radius 3 is 2.94 bits per heavy atom. The van der Waals surface area contributed by atoms with Crippen LogP contribution in [-0.4, -0.2) is 26.0 Å². The van der Waals surface area contributed by atoms with Crippen LogP contribution in [0.25, 0.3) is 10.9 Å². The molecule has 16 heavy (non-hydrogen) atoms. The topological polar surface area (TPSA) is 75.4 Å². The number of carboxylic acid groups (broad SMARTS) is 1. The highest BCUT2D eigenvalue weighted by molar-refractivity contribution is 5.83. The van der Waals surface area contributed by atoms with Crippen molar-refractivity contribution in [2.45, 2.75) is 19.9 Å². The Morgan fingerprint density at radius 2 is 2.25 bits per heavy atom. The summed E-state index contributed by atoms with van der Waals surface area (Å²) in [6.07, 6.45) is 0.0197. The number of carbonyl (C=O) groups is 1. The van der Waals surface area contributed by atoms with Gasteiger partial charge in [0.05, 0.1) is 24.2 Å². The molecule has 5 nitrogen and oxygen atoms in total. The van der Waals surface area contributed by atoms with E-state index in [0.717, 1.165) is 16.6 Å². The van der Waals surface area contributed by atoms with E-state index in [1.54, 1.807) is 22.9 Å². The van der Waals surface area contributed by atoms with Crippen LogP contribution in [0.3, 0.4) is 0 Å². The maximum Gasteiger partial charge on any atom is 0.305 e. The first-order valence-corrected chi connectivity index (χ1v) is 4.96. The molecule has 2 aromatic rings. The summed E-state index contributed by atoms with van der Waals surface area (Å²) in [4.78, 5) is 10.5. The summed E-state index contributed by atoms with van der Waals surface area (Å²) in [6.45, 7) is 2.17. The molecule has 0 bridgehead atoms. The minimum atomic E-state index is -0.860. The van der Waals surface area contributed by atoms with E-state index in [2.05, 4.69) is 5.10 Å². The molecule has 2 rings (SSSR count). The first kappa shape index (κ1) is 10.5. The molecule has 0 amide bonds. The molecule has 1 aromatic carbocycles. The molecule has 0 radical (unpaired) electrons. The number of phenols is 1. The summed E-state index contributed by atoms with van der Waals surface area (Å²) in [7, 11) is 0. The van der Waals surface area contributed by atoms with Gasteiger partial charge in [-0.05, 0) is 19.1 Å². The molecule has 2 N–H and O–H groups in total. The first-order valence-electron chi connectivity index (χ1n) is 4.96. The second-order valence-electron chi connectivity index (χ2n) is 3.65. The van der Waals surface area contributed by atoms with Crippen LogP contribution >= 0.6 is 0 Å². The van der Waals surface area contributed by atoms with Gasteiger partial charge in [0, 0.05) is 11.5 Å². The summed E-state index contributed by atoms with van der Waals surface area (Å²) >= 11 is 0. The molecule has 0 spiro atoms. The highest BCUT2D eigenvalue weighted by Gasteiger charge is 2.08. The molecular formula is C11H12N2O3. The van der Waals surface area contributed by atoms with Crippen LogP contribution in [0.1, 0.15) is 12.1 Å². The van der Waals surface area contributed by atoms with E-state index in [-0.39, 0.29) is 12.2 Å². The van der Waals surface area contributed by atoms with Crippen molar-refractivity contribution >= 4 is 16.9 Å². The Kier molecular flexibility index (Phi) is 2.52. The zero-order valence-corrected chi connectivity index (χ0v) is 8.84. The van der Waals surface area contributed by atoms with Gasteiger partial charge in [-0.1, -0.05) is 0 Å². The third kappa shape index (κ3) is 1.84. The lowest BCUT2D eigenvalue weighted by Crippen LogP contribution is -2.05. The van der Waals surface area contributed by atoms with Crippen LogP contribution < -0.4 is 0 Å². The Bertz CT molecular complexity index is 545. The molecule has 0 aliphatic rings. The van der Waals surface area contributed by atoms with Crippen molar-refractivity contribution in [2.75, 3.05) is 0 Å². The van der Waals surface area contributed by atoms with E-state index >= 15 is 0 Å². The molecule has 0 saturated heterocycles. The van der Waals surface area contributed by atoms with Crippen LogP contribution in [0, 0.1) is 6.92 Å². The average Bonchev–Trinajstić information content (AvgIpc) is 2.52. The van der Waals surface area contributed by atoms with Crippen LogP contribution in [0.4, 0.5) is 0 Å². The lowest BCUT2D eigenvalue weighted by atomic mass is 10.2. The second-order valence-corrected chi connectivity index (χ2v) is 3.65. The fourth-order valence-corrected chi connectivity index (χ4v) is 1.70. The summed E-state index contributed by atoms with van der Waals surface area (Å²) in [5.41, 5.74) is 1.60. The molecule has 0 unspecified atom stereocenters. The number of aromatic hydroxyl groups is 1. The predicted molar refractivity (Wildman–Crippen MR) is 58.4 cm³/mol. The van der Waals surface area contributed by atoms with Crippen molar-refractivity contribution in [3.63, 3.8) is 0 Å². The molecule has 0 aliphatic heterocycles. The maximum atomic E-state index is 10.5. The molecule has 5 heteroatoms. The lowest BCUT2D eigenvalue weighted by Gasteiger charge is -2.00. The van der Waals surface area contributed by atoms with Gasteiger partial charge in [-0.3, -0.25) is 9.48 Å². The Hall–Kier alpha value is -2.04. The number of aliphatic carboxylic acids is 1. The van der Waals surface area contributed by atoms with Crippen LogP contribution in [0.15, 0.2) is 18.2 Å². The fraction of sp³-hybridized carbons (Fsp3) is 0.273. The zero-order valence-electron chi connectivity index (χ0n) is 8.84. The van der Waals surface area contributed by atoms with E-state index < -0.39 is 5.97 Å². The highest BCUT2D eigenvalue weighted by Crippen LogP contribution is 2.22. The van der Waals surface area contributed by atoms with E-state index in [9.17, 15) is 9.90 Å². The van der Waals surface area contributed by atoms with Gasteiger partial charge in [-0.2, -0.15) is 5.10 Å². The van der Waals surface area contributed by atoms with Crippen molar-refractivity contribution in [3.05, 3.63) is 23.9 Å². The van der Waals surface area contributed by atoms with Crippen molar-refractivity contribution in [2.24, 2.45) is 0 Å². The smallest absolute Gasteiger partial charge is 0.305 e. The number of aromatic nitrogens is 2. The third-order valence-corrected chi connectivity index (χ3v) is 2.46. The minimum absolute atomic E-state index is 0.0197. The molecule has 0 atom stereocenters. The van der Waals surface area contributed by atoms with Crippen molar-refractivity contribution < 1.29 is 15.0 Å². The van der Waals surface area contributed by atoms with Gasteiger partial charge in [-0.15, -0.1) is 0 Å². The standard InChI is InChI=1S/C11H12N2O3/c1-7-9-3-2-8(14)6-10(9)13(12-7)5-4-11(15)16/h2-3,6,14H,4-5H2,1H3,(H,15,16).